The molecule has 1 aliphatic heterocycles. The van der Waals surface area contributed by atoms with E-state index in [-0.39, 0.29) is 30.0 Å². The maximum absolute atomic E-state index is 12.7. The number of fused-ring (bicyclic) bond motifs is 1. The number of imide groups is 1. The third-order valence-corrected chi connectivity index (χ3v) is 3.98. The Labute approximate surface area is 159 Å². The number of hydrogen-bond acceptors (Lipinski definition) is 6. The van der Waals surface area contributed by atoms with Gasteiger partial charge in [-0.15, -0.1) is 0 Å². The van der Waals surface area contributed by atoms with Crippen LogP contribution in [0, 0.1) is 10.1 Å². The molecule has 3 rings (SSSR count). The molecule has 2 amide bonds. The minimum absolute atomic E-state index is 0. The van der Waals surface area contributed by atoms with Crippen LogP contribution >= 0.6 is 0 Å². The SMILES string of the molecule is O=C([O-])CC(c1ccccc1)N1C(=O)c2cccc([N+](=O)[O-])c2C1=O.[Li+]. The molecule has 2 aromatic rings. The Balaban J connectivity index is 0.00000243. The van der Waals surface area contributed by atoms with E-state index in [1.807, 2.05) is 0 Å². The van der Waals surface area contributed by atoms with Gasteiger partial charge in [0.05, 0.1) is 16.5 Å². The van der Waals surface area contributed by atoms with Gasteiger partial charge in [-0.2, -0.15) is 0 Å². The van der Waals surface area contributed by atoms with Gasteiger partial charge < -0.3 is 9.90 Å². The Morgan fingerprint density at radius 2 is 1.69 bits per heavy atom. The van der Waals surface area contributed by atoms with E-state index < -0.39 is 40.9 Å². The van der Waals surface area contributed by atoms with Crippen molar-refractivity contribution in [2.75, 3.05) is 0 Å². The van der Waals surface area contributed by atoms with Gasteiger partial charge in [0.2, 0.25) is 0 Å². The third kappa shape index (κ3) is 3.25. The maximum atomic E-state index is 12.7. The maximum Gasteiger partial charge on any atom is 1.00 e. The fraction of sp³-hybridized carbons (Fsp3) is 0.118. The summed E-state index contributed by atoms with van der Waals surface area (Å²) in [5.41, 5.74) is -0.502. The molecule has 0 bridgehead atoms. The second-order valence-electron chi connectivity index (χ2n) is 5.44. The van der Waals surface area contributed by atoms with Crippen LogP contribution < -0.4 is 24.0 Å². The Morgan fingerprint density at radius 1 is 1.04 bits per heavy atom. The predicted octanol–water partition coefficient (Wildman–Crippen LogP) is -1.92. The summed E-state index contributed by atoms with van der Waals surface area (Å²) in [6.07, 6.45) is -0.608. The molecule has 1 atom stereocenters. The van der Waals surface area contributed by atoms with Crippen molar-refractivity contribution in [2.24, 2.45) is 0 Å². The zero-order chi connectivity index (χ0) is 18.1. The smallest absolute Gasteiger partial charge is 0.550 e. The first-order valence-corrected chi connectivity index (χ1v) is 7.32. The molecule has 8 nitrogen and oxygen atoms in total. The number of amides is 2. The number of rotatable bonds is 5. The largest absolute Gasteiger partial charge is 1.00 e. The molecular weight excluding hydrogens is 335 g/mol. The van der Waals surface area contributed by atoms with Crippen LogP contribution in [0.5, 0.6) is 0 Å². The van der Waals surface area contributed by atoms with Gasteiger partial charge in [0.15, 0.2) is 0 Å². The van der Waals surface area contributed by atoms with Gasteiger partial charge in [0, 0.05) is 18.5 Å². The van der Waals surface area contributed by atoms with E-state index in [1.165, 1.54) is 12.1 Å². The van der Waals surface area contributed by atoms with Crippen molar-refractivity contribution in [2.45, 2.75) is 12.5 Å². The van der Waals surface area contributed by atoms with E-state index in [2.05, 4.69) is 0 Å². The van der Waals surface area contributed by atoms with Crippen molar-refractivity contribution in [3.8, 4) is 0 Å². The van der Waals surface area contributed by atoms with Gasteiger partial charge >= 0.3 is 18.9 Å². The van der Waals surface area contributed by atoms with Crippen LogP contribution in [0.4, 0.5) is 5.69 Å². The zero-order valence-electron chi connectivity index (χ0n) is 13.7. The molecule has 9 heteroatoms. The molecule has 0 saturated carbocycles. The standard InChI is InChI=1S/C17H12N2O6.Li/c20-14(21)9-13(10-5-2-1-3-6-10)18-16(22)11-7-4-8-12(19(24)25)15(11)17(18)23;/h1-8,13H,9H2,(H,20,21);/q;+1/p-1. The molecule has 0 spiro atoms. The average molecular weight is 346 g/mol. The van der Waals surface area contributed by atoms with Crippen LogP contribution in [0.1, 0.15) is 38.7 Å². The Bertz CT molecular complexity index is 899. The topological polar surface area (TPSA) is 121 Å². The molecule has 0 N–H and O–H groups in total. The van der Waals surface area contributed by atoms with Crippen LogP contribution in [-0.2, 0) is 4.79 Å². The number of carbonyl (C=O) groups excluding carboxylic acids is 3. The first kappa shape index (κ1) is 19.4. The number of nitrogens with zero attached hydrogens (tertiary/aromatic N) is 2. The summed E-state index contributed by atoms with van der Waals surface area (Å²) in [6.45, 7) is 0. The molecule has 0 saturated heterocycles. The van der Waals surface area contributed by atoms with E-state index in [9.17, 15) is 29.6 Å². The predicted molar refractivity (Wildman–Crippen MR) is 82.4 cm³/mol. The van der Waals surface area contributed by atoms with Gasteiger partial charge in [0.25, 0.3) is 17.5 Å². The summed E-state index contributed by atoms with van der Waals surface area (Å²) in [4.78, 5) is 47.7. The van der Waals surface area contributed by atoms with Crippen LogP contribution in [0.25, 0.3) is 0 Å². The van der Waals surface area contributed by atoms with Gasteiger partial charge in [-0.1, -0.05) is 36.4 Å². The minimum atomic E-state index is -1.44. The van der Waals surface area contributed by atoms with Gasteiger partial charge in [-0.25, -0.2) is 0 Å². The minimum Gasteiger partial charge on any atom is -0.550 e. The molecule has 0 aliphatic carbocycles. The Hall–Kier alpha value is -2.95. The molecule has 1 unspecified atom stereocenters. The molecule has 1 heterocycles. The zero-order valence-corrected chi connectivity index (χ0v) is 13.7. The van der Waals surface area contributed by atoms with Crippen molar-refractivity contribution >= 4 is 23.5 Å². The Morgan fingerprint density at radius 3 is 2.27 bits per heavy atom. The molecule has 0 radical (unpaired) electrons. The quantitative estimate of drug-likeness (QED) is 0.269. The van der Waals surface area contributed by atoms with Crippen LogP contribution in [0.3, 0.4) is 0 Å². The number of hydrogen-bond donors (Lipinski definition) is 0. The van der Waals surface area contributed by atoms with E-state index in [0.717, 1.165) is 11.0 Å². The summed E-state index contributed by atoms with van der Waals surface area (Å²) in [5.74, 6) is -3.10. The molecule has 2 aromatic carbocycles. The molecule has 126 valence electrons. The van der Waals surface area contributed by atoms with Crippen LogP contribution in [0.2, 0.25) is 0 Å². The number of nitro benzene ring substituents is 1. The van der Waals surface area contributed by atoms with E-state index >= 15 is 0 Å². The Kier molecular flexibility index (Phi) is 5.60. The third-order valence-electron chi connectivity index (χ3n) is 3.98. The number of aliphatic carboxylic acids is 1. The second-order valence-corrected chi connectivity index (χ2v) is 5.44. The molecule has 1 aliphatic rings. The fourth-order valence-corrected chi connectivity index (χ4v) is 2.91. The second kappa shape index (κ2) is 7.52. The molecule has 0 aromatic heterocycles. The van der Waals surface area contributed by atoms with E-state index in [4.69, 9.17) is 0 Å². The molecule has 26 heavy (non-hydrogen) atoms. The summed E-state index contributed by atoms with van der Waals surface area (Å²) in [5, 5.41) is 22.3. The summed E-state index contributed by atoms with van der Waals surface area (Å²) < 4.78 is 0. The number of benzene rings is 2. The monoisotopic (exact) mass is 346 g/mol. The van der Waals surface area contributed by atoms with Gasteiger partial charge in [-0.05, 0) is 11.6 Å². The first-order chi connectivity index (χ1) is 11.9. The van der Waals surface area contributed by atoms with Gasteiger partial charge in [0.1, 0.15) is 5.56 Å². The van der Waals surface area contributed by atoms with E-state index in [0.29, 0.717) is 5.56 Å². The van der Waals surface area contributed by atoms with Crippen molar-refractivity contribution < 1.29 is 43.3 Å². The van der Waals surface area contributed by atoms with Gasteiger partial charge in [-0.3, -0.25) is 24.6 Å². The summed E-state index contributed by atoms with van der Waals surface area (Å²) in [7, 11) is 0. The van der Waals surface area contributed by atoms with E-state index in [1.54, 1.807) is 30.3 Å². The number of carbonyl (C=O) groups is 3. The first-order valence-electron chi connectivity index (χ1n) is 7.32. The van der Waals surface area contributed by atoms with Crippen LogP contribution in [0.15, 0.2) is 48.5 Å². The number of nitro groups is 1. The summed E-state index contributed by atoms with van der Waals surface area (Å²) in [6, 6.07) is 10.8. The normalized spacial score (nSPS) is 13.8. The van der Waals surface area contributed by atoms with Crippen LogP contribution in [-0.4, -0.2) is 27.6 Å². The fourth-order valence-electron chi connectivity index (χ4n) is 2.91. The molecule has 0 fully saturated rings. The number of carboxylic acids is 1. The van der Waals surface area contributed by atoms with Crippen molar-refractivity contribution in [3.63, 3.8) is 0 Å². The van der Waals surface area contributed by atoms with Crippen molar-refractivity contribution in [3.05, 3.63) is 75.3 Å². The molecular formula is C17H11LiN2O6. The summed E-state index contributed by atoms with van der Waals surface area (Å²) >= 11 is 0. The van der Waals surface area contributed by atoms with Crippen molar-refractivity contribution in [1.82, 2.24) is 4.90 Å². The number of carboxylic acid groups (broad SMARTS) is 1. The average Bonchev–Trinajstić information content (AvgIpc) is 2.84. The van der Waals surface area contributed by atoms with Crippen molar-refractivity contribution in [1.29, 1.82) is 0 Å².